The minimum atomic E-state index is -1.69. The minimum absolute atomic E-state index is 0.0611. The van der Waals surface area contributed by atoms with Crippen LogP contribution >= 0.6 is 0 Å². The third-order valence-electron chi connectivity index (χ3n) is 12.4. The first-order valence-electron chi connectivity index (χ1n) is 18.2. The number of guanidine groups is 1. The van der Waals surface area contributed by atoms with Gasteiger partial charge in [0.25, 0.3) is 0 Å². The molecular weight excluding hydrogens is 654 g/mol. The van der Waals surface area contributed by atoms with E-state index in [-0.39, 0.29) is 61.5 Å². The quantitative estimate of drug-likeness (QED) is 0.0723. The number of hydrogen-bond donors (Lipinski definition) is 10. The zero-order valence-corrected chi connectivity index (χ0v) is 29.1. The third kappa shape index (κ3) is 8.20. The molecule has 16 nitrogen and oxygen atoms in total. The highest BCUT2D eigenvalue weighted by molar-refractivity contribution is 6.00. The lowest BCUT2D eigenvalue weighted by atomic mass is 9.52. The van der Waals surface area contributed by atoms with Gasteiger partial charge in [-0.05, 0) is 69.2 Å². The minimum Gasteiger partial charge on any atom is -0.396 e. The van der Waals surface area contributed by atoms with Crippen molar-refractivity contribution in [3.63, 3.8) is 0 Å². The molecule has 2 saturated heterocycles. The number of nitrogens with zero attached hydrogens (tertiary/aromatic N) is 1. The second-order valence-electron chi connectivity index (χ2n) is 15.1. The van der Waals surface area contributed by atoms with Gasteiger partial charge in [0.2, 0.25) is 0 Å². The first-order valence-corrected chi connectivity index (χ1v) is 18.2. The first kappa shape index (κ1) is 39.4. The molecule has 5 fully saturated rings. The van der Waals surface area contributed by atoms with E-state index in [2.05, 4.69) is 15.6 Å². The molecular formula is C34H59N5O11. The molecule has 0 aromatic heterocycles. The number of Topliss-reactive ketones (excluding diaryl/α,β-unsaturated/α-hetero) is 2. The maximum absolute atomic E-state index is 14.6. The summed E-state index contributed by atoms with van der Waals surface area (Å²) in [6.07, 6.45) is -5.61. The lowest BCUT2D eigenvalue weighted by molar-refractivity contribution is -0.319. The van der Waals surface area contributed by atoms with Crippen molar-refractivity contribution in [2.24, 2.45) is 63.8 Å². The van der Waals surface area contributed by atoms with Gasteiger partial charge in [-0.15, -0.1) is 0 Å². The first-order chi connectivity index (χ1) is 23.9. The Morgan fingerprint density at radius 3 is 2.40 bits per heavy atom. The van der Waals surface area contributed by atoms with Crippen LogP contribution in [0.1, 0.15) is 51.4 Å². The van der Waals surface area contributed by atoms with Gasteiger partial charge in [0, 0.05) is 51.5 Å². The Balaban J connectivity index is 1.42. The number of aliphatic hydroxyl groups excluding tert-OH is 6. The molecule has 12 N–H and O–H groups in total. The van der Waals surface area contributed by atoms with Gasteiger partial charge in [0.15, 0.2) is 12.2 Å². The Morgan fingerprint density at radius 2 is 1.76 bits per heavy atom. The molecule has 16 heteroatoms. The fourth-order valence-corrected chi connectivity index (χ4v) is 9.59. The lowest BCUT2D eigenvalue weighted by Crippen LogP contribution is -2.64. The average molecular weight is 714 g/mol. The van der Waals surface area contributed by atoms with E-state index in [1.54, 1.807) is 7.05 Å². The van der Waals surface area contributed by atoms with Gasteiger partial charge < -0.3 is 67.0 Å². The molecule has 50 heavy (non-hydrogen) atoms. The van der Waals surface area contributed by atoms with E-state index >= 15 is 0 Å². The van der Waals surface area contributed by atoms with Gasteiger partial charge in [-0.3, -0.25) is 14.6 Å². The molecule has 3 aliphatic carbocycles. The maximum Gasteiger partial charge on any atom is 0.188 e. The van der Waals surface area contributed by atoms with Gasteiger partial charge in [-0.2, -0.15) is 0 Å². The fourth-order valence-electron chi connectivity index (χ4n) is 9.59. The molecule has 17 atom stereocenters. The number of carbonyl (C=O) groups is 2. The summed E-state index contributed by atoms with van der Waals surface area (Å²) in [7, 11) is 3.06. The summed E-state index contributed by atoms with van der Waals surface area (Å²) in [5.41, 5.74) is 12.1. The van der Waals surface area contributed by atoms with Crippen molar-refractivity contribution in [2.75, 3.05) is 40.5 Å². The molecule has 2 heterocycles. The number of nitrogens with two attached hydrogens (primary N) is 2. The van der Waals surface area contributed by atoms with E-state index in [1.165, 1.54) is 7.11 Å². The number of piperidine rings is 1. The molecule has 5 aliphatic rings. The summed E-state index contributed by atoms with van der Waals surface area (Å²) in [5, 5.41) is 69.4. The molecule has 3 saturated carbocycles. The van der Waals surface area contributed by atoms with Crippen molar-refractivity contribution in [3.05, 3.63) is 0 Å². The summed E-state index contributed by atoms with van der Waals surface area (Å²) in [4.78, 5) is 33.1. The Labute approximate surface area is 293 Å². The van der Waals surface area contributed by atoms with Crippen LogP contribution in [0.5, 0.6) is 0 Å². The third-order valence-corrected chi connectivity index (χ3v) is 12.4. The largest absolute Gasteiger partial charge is 0.396 e. The Kier molecular flexibility index (Phi) is 13.6. The van der Waals surface area contributed by atoms with Gasteiger partial charge in [-0.1, -0.05) is 0 Å². The Hall–Kier alpha value is -1.83. The van der Waals surface area contributed by atoms with E-state index in [1.807, 2.05) is 0 Å². The molecule has 2 aliphatic heterocycles. The molecule has 0 amide bonds. The average Bonchev–Trinajstić information content (AvgIpc) is 3.11. The van der Waals surface area contributed by atoms with E-state index in [4.69, 9.17) is 25.7 Å². The SMILES string of the molecule is CN=C(N)NCC1C(C[C@H](CCCO)C2CCC(N)NC2)CC2C(=O)C3CC(OC)CC(O[C@H]4O[C@H](CO)[C@@H](O)[C@H](O)[C@H]4O)C3C(=O)C2C1O. The van der Waals surface area contributed by atoms with E-state index in [0.29, 0.717) is 25.2 Å². The second-order valence-corrected chi connectivity index (χ2v) is 15.1. The van der Waals surface area contributed by atoms with E-state index in [9.17, 15) is 40.2 Å². The monoisotopic (exact) mass is 713 g/mol. The smallest absolute Gasteiger partial charge is 0.188 e. The summed E-state index contributed by atoms with van der Waals surface area (Å²) in [6.45, 7) is 0.397. The zero-order valence-electron chi connectivity index (χ0n) is 29.1. The van der Waals surface area contributed by atoms with Crippen LogP contribution in [-0.4, -0.2) is 144 Å². The second kappa shape index (κ2) is 17.3. The number of rotatable bonds is 12. The molecule has 0 aromatic carbocycles. The van der Waals surface area contributed by atoms with Crippen LogP contribution in [0.2, 0.25) is 0 Å². The van der Waals surface area contributed by atoms with Crippen molar-refractivity contribution >= 4 is 17.5 Å². The van der Waals surface area contributed by atoms with Crippen LogP contribution in [0, 0.1) is 47.3 Å². The van der Waals surface area contributed by atoms with E-state index < -0.39 is 85.2 Å². The molecule has 11 unspecified atom stereocenters. The summed E-state index contributed by atoms with van der Waals surface area (Å²) in [5.74, 6) is -3.80. The highest BCUT2D eigenvalue weighted by Crippen LogP contribution is 2.52. The van der Waals surface area contributed by atoms with Gasteiger partial charge in [0.05, 0.1) is 42.9 Å². The zero-order chi connectivity index (χ0) is 36.3. The number of methoxy groups -OCH3 is 1. The van der Waals surface area contributed by atoms with Crippen molar-refractivity contribution in [1.29, 1.82) is 0 Å². The van der Waals surface area contributed by atoms with E-state index in [0.717, 1.165) is 25.8 Å². The topological polar surface area (TPSA) is 272 Å². The number of ether oxygens (including phenoxy) is 3. The van der Waals surface area contributed by atoms with Crippen LogP contribution in [0.15, 0.2) is 4.99 Å². The van der Waals surface area contributed by atoms with Crippen molar-refractivity contribution < 1.29 is 54.4 Å². The molecule has 0 radical (unpaired) electrons. The van der Waals surface area contributed by atoms with Crippen LogP contribution < -0.4 is 22.1 Å². The number of carbonyl (C=O) groups excluding carboxylic acids is 2. The molecule has 0 aromatic rings. The summed E-state index contributed by atoms with van der Waals surface area (Å²) in [6, 6.07) is 0. The molecule has 286 valence electrons. The molecule has 0 bridgehead atoms. The number of hydrogen-bond acceptors (Lipinski definition) is 14. The Morgan fingerprint density at radius 1 is 1.02 bits per heavy atom. The fraction of sp³-hybridized carbons (Fsp3) is 0.912. The number of aliphatic hydroxyl groups is 6. The number of nitrogens with one attached hydrogen (secondary N) is 2. The Bertz CT molecular complexity index is 1170. The lowest BCUT2D eigenvalue weighted by Gasteiger charge is -2.53. The maximum atomic E-state index is 14.6. The molecule has 5 rings (SSSR count). The highest BCUT2D eigenvalue weighted by atomic mass is 16.7. The van der Waals surface area contributed by atoms with Crippen molar-refractivity contribution in [3.8, 4) is 0 Å². The van der Waals surface area contributed by atoms with Gasteiger partial charge in [0.1, 0.15) is 36.0 Å². The van der Waals surface area contributed by atoms with Gasteiger partial charge in [-0.25, -0.2) is 0 Å². The predicted octanol–water partition coefficient (Wildman–Crippen LogP) is -2.81. The van der Waals surface area contributed by atoms with Crippen molar-refractivity contribution in [2.45, 2.75) is 107 Å². The summed E-state index contributed by atoms with van der Waals surface area (Å²) >= 11 is 0. The van der Waals surface area contributed by atoms with Crippen LogP contribution in [0.3, 0.4) is 0 Å². The van der Waals surface area contributed by atoms with Crippen LogP contribution in [-0.2, 0) is 23.8 Å². The normalized spacial score (nSPS) is 44.7. The number of ketones is 2. The number of fused-ring (bicyclic) bond motifs is 2. The number of aliphatic imine (C=N–C) groups is 1. The molecule has 0 spiro atoms. The van der Waals surface area contributed by atoms with Crippen LogP contribution in [0.25, 0.3) is 0 Å². The highest BCUT2D eigenvalue weighted by Gasteiger charge is 2.61. The van der Waals surface area contributed by atoms with Gasteiger partial charge >= 0.3 is 0 Å². The standard InChI is InChI=1S/C34H59N5O11/c1-37-34(36)39-13-21-17(8-15(4-3-7-40)16-5-6-24(35)38-12-16)9-19-26(28(21)43)30(45)25-20(27(19)42)10-18(48-2)11-22(25)49-33-32(47)31(46)29(44)23(14-41)50-33/h15-26,28-29,31-33,38,40-41,43-44,46-47H,3-14,35H2,1-2H3,(H3,36,37,39)/t15-,16?,17?,18?,19?,20?,21?,22?,23+,24?,25?,26?,28?,29+,31-,32+,33-/m0/s1. The van der Waals surface area contributed by atoms with Crippen molar-refractivity contribution in [1.82, 2.24) is 10.6 Å². The predicted molar refractivity (Wildman–Crippen MR) is 179 cm³/mol. The van der Waals surface area contributed by atoms with Crippen LogP contribution in [0.4, 0.5) is 0 Å². The summed E-state index contributed by atoms with van der Waals surface area (Å²) < 4.78 is 17.5.